The van der Waals surface area contributed by atoms with E-state index in [1.54, 1.807) is 0 Å². The quantitative estimate of drug-likeness (QED) is 0.878. The van der Waals surface area contributed by atoms with E-state index in [-0.39, 0.29) is 12.1 Å². The van der Waals surface area contributed by atoms with E-state index in [2.05, 4.69) is 5.32 Å². The molecule has 1 atom stereocenters. The molecule has 24 heavy (non-hydrogen) atoms. The van der Waals surface area contributed by atoms with Crippen molar-refractivity contribution in [3.63, 3.8) is 0 Å². The Hall–Kier alpha value is -2.76. The molecule has 0 bridgehead atoms. The third-order valence-corrected chi connectivity index (χ3v) is 4.01. The van der Waals surface area contributed by atoms with Crippen LogP contribution in [0.25, 0.3) is 0 Å². The van der Waals surface area contributed by atoms with Crippen molar-refractivity contribution in [3.05, 3.63) is 59.2 Å². The molecular formula is C18H16F2N2O2. The second-order valence-electron chi connectivity index (χ2n) is 5.88. The lowest BCUT2D eigenvalue weighted by atomic mass is 10.1. The van der Waals surface area contributed by atoms with Gasteiger partial charge in [0.25, 0.3) is 5.91 Å². The number of halogens is 2. The summed E-state index contributed by atoms with van der Waals surface area (Å²) in [6.45, 7) is 3.86. The van der Waals surface area contributed by atoms with Gasteiger partial charge in [-0.3, -0.25) is 9.59 Å². The molecule has 2 amide bonds. The van der Waals surface area contributed by atoms with Crippen LogP contribution in [0, 0.1) is 25.5 Å². The Kier molecular flexibility index (Phi) is 4.05. The highest BCUT2D eigenvalue weighted by Gasteiger charge is 2.40. The topological polar surface area (TPSA) is 49.4 Å². The van der Waals surface area contributed by atoms with E-state index in [1.165, 1.54) is 0 Å². The van der Waals surface area contributed by atoms with Crippen molar-refractivity contribution >= 4 is 23.2 Å². The first-order chi connectivity index (χ1) is 11.4. The summed E-state index contributed by atoms with van der Waals surface area (Å²) >= 11 is 0. The van der Waals surface area contributed by atoms with Crippen molar-refractivity contribution in [1.29, 1.82) is 0 Å². The van der Waals surface area contributed by atoms with Gasteiger partial charge in [0, 0.05) is 11.8 Å². The number of nitrogens with zero attached hydrogens (tertiary/aromatic N) is 1. The Morgan fingerprint density at radius 1 is 1.08 bits per heavy atom. The Bertz CT molecular complexity index is 836. The molecule has 1 N–H and O–H groups in total. The maximum absolute atomic E-state index is 13.9. The maximum atomic E-state index is 13.9. The van der Waals surface area contributed by atoms with Crippen LogP contribution in [-0.2, 0) is 9.59 Å². The zero-order chi connectivity index (χ0) is 17.4. The molecular weight excluding hydrogens is 314 g/mol. The van der Waals surface area contributed by atoms with Gasteiger partial charge in [0.1, 0.15) is 17.7 Å². The summed E-state index contributed by atoms with van der Waals surface area (Å²) in [7, 11) is 0. The molecule has 2 aromatic carbocycles. The molecule has 1 saturated heterocycles. The van der Waals surface area contributed by atoms with Crippen molar-refractivity contribution in [3.8, 4) is 0 Å². The lowest BCUT2D eigenvalue weighted by Gasteiger charge is -2.17. The number of aryl methyl sites for hydroxylation is 2. The molecule has 1 aliphatic rings. The highest BCUT2D eigenvalue weighted by Crippen LogP contribution is 2.28. The summed E-state index contributed by atoms with van der Waals surface area (Å²) in [6, 6.07) is 7.69. The fourth-order valence-corrected chi connectivity index (χ4v) is 2.82. The molecule has 1 aliphatic heterocycles. The summed E-state index contributed by atoms with van der Waals surface area (Å²) in [5, 5.41) is 3.04. The molecule has 0 spiro atoms. The molecule has 1 fully saturated rings. The van der Waals surface area contributed by atoms with Gasteiger partial charge >= 0.3 is 0 Å². The van der Waals surface area contributed by atoms with E-state index in [0.717, 1.165) is 33.8 Å². The number of amides is 2. The van der Waals surface area contributed by atoms with Crippen LogP contribution >= 0.6 is 0 Å². The average Bonchev–Trinajstić information content (AvgIpc) is 2.77. The van der Waals surface area contributed by atoms with Gasteiger partial charge in [-0.25, -0.2) is 13.7 Å². The smallest absolute Gasteiger partial charge is 0.256 e. The summed E-state index contributed by atoms with van der Waals surface area (Å²) in [4.78, 5) is 25.5. The fraction of sp³-hybridized carbons (Fsp3) is 0.222. The molecule has 1 heterocycles. The zero-order valence-electron chi connectivity index (χ0n) is 13.3. The summed E-state index contributed by atoms with van der Waals surface area (Å²) < 4.78 is 26.9. The molecule has 4 nitrogen and oxygen atoms in total. The van der Waals surface area contributed by atoms with Crippen LogP contribution in [0.1, 0.15) is 17.5 Å². The van der Waals surface area contributed by atoms with Gasteiger partial charge < -0.3 is 5.32 Å². The largest absolute Gasteiger partial charge is 0.373 e. The number of benzene rings is 2. The maximum Gasteiger partial charge on any atom is 0.256 e. The number of imide groups is 1. The minimum Gasteiger partial charge on any atom is -0.373 e. The third kappa shape index (κ3) is 2.87. The van der Waals surface area contributed by atoms with Crippen molar-refractivity contribution < 1.29 is 18.4 Å². The number of rotatable bonds is 3. The number of nitrogens with one attached hydrogen (secondary N) is 1. The summed E-state index contributed by atoms with van der Waals surface area (Å²) in [5.41, 5.74) is 2.55. The predicted octanol–water partition coefficient (Wildman–Crippen LogP) is 3.33. The summed E-state index contributed by atoms with van der Waals surface area (Å²) in [5.74, 6) is -2.78. The van der Waals surface area contributed by atoms with Gasteiger partial charge in [-0.05, 0) is 37.6 Å². The number of anilines is 2. The highest BCUT2D eigenvalue weighted by atomic mass is 19.1. The number of carbonyl (C=O) groups excluding carboxylic acids is 2. The fourth-order valence-electron chi connectivity index (χ4n) is 2.82. The van der Waals surface area contributed by atoms with Crippen LogP contribution in [-0.4, -0.2) is 17.9 Å². The van der Waals surface area contributed by atoms with E-state index in [0.29, 0.717) is 6.07 Å². The zero-order valence-corrected chi connectivity index (χ0v) is 13.3. The lowest BCUT2D eigenvalue weighted by Crippen LogP contribution is -2.35. The molecule has 6 heteroatoms. The molecule has 0 radical (unpaired) electrons. The van der Waals surface area contributed by atoms with E-state index in [9.17, 15) is 18.4 Å². The number of hydrogen-bond donors (Lipinski definition) is 1. The Morgan fingerprint density at radius 3 is 2.50 bits per heavy atom. The first-order valence-electron chi connectivity index (χ1n) is 7.52. The molecule has 0 aromatic heterocycles. The van der Waals surface area contributed by atoms with E-state index in [4.69, 9.17) is 0 Å². The first kappa shape index (κ1) is 16.1. The normalized spacial score (nSPS) is 17.5. The standard InChI is InChI=1S/C18H16F2N2O2/c1-10-3-5-14(11(2)7-10)21-15-9-17(23)22(18(15)24)16-6-4-12(19)8-13(16)20/h3-8,15,21H,9H2,1-2H3/t15-/m1/s1. The second-order valence-corrected chi connectivity index (χ2v) is 5.88. The van der Waals surface area contributed by atoms with Gasteiger partial charge in [0.2, 0.25) is 5.91 Å². The third-order valence-electron chi connectivity index (χ3n) is 4.01. The van der Waals surface area contributed by atoms with Crippen LogP contribution in [0.3, 0.4) is 0 Å². The van der Waals surface area contributed by atoms with E-state index < -0.39 is 29.5 Å². The average molecular weight is 330 g/mol. The first-order valence-corrected chi connectivity index (χ1v) is 7.52. The molecule has 2 aromatic rings. The van der Waals surface area contributed by atoms with Crippen molar-refractivity contribution in [2.75, 3.05) is 10.2 Å². The Balaban J connectivity index is 1.86. The molecule has 0 aliphatic carbocycles. The van der Waals surface area contributed by atoms with Gasteiger partial charge in [-0.15, -0.1) is 0 Å². The Labute approximate surface area is 138 Å². The number of hydrogen-bond acceptors (Lipinski definition) is 3. The van der Waals surface area contributed by atoms with Gasteiger partial charge in [-0.1, -0.05) is 17.7 Å². The van der Waals surface area contributed by atoms with Crippen LogP contribution in [0.2, 0.25) is 0 Å². The van der Waals surface area contributed by atoms with Crippen molar-refractivity contribution in [2.45, 2.75) is 26.3 Å². The molecule has 0 unspecified atom stereocenters. The number of carbonyl (C=O) groups is 2. The lowest BCUT2D eigenvalue weighted by molar-refractivity contribution is -0.121. The minimum atomic E-state index is -0.941. The van der Waals surface area contributed by atoms with Crippen LogP contribution in [0.5, 0.6) is 0 Å². The molecule has 3 rings (SSSR count). The highest BCUT2D eigenvalue weighted by molar-refractivity contribution is 6.23. The van der Waals surface area contributed by atoms with E-state index >= 15 is 0 Å². The SMILES string of the molecule is Cc1ccc(N[C@@H]2CC(=O)N(c3ccc(F)cc3F)C2=O)c(C)c1. The molecule has 0 saturated carbocycles. The van der Waals surface area contributed by atoms with Crippen LogP contribution < -0.4 is 10.2 Å². The van der Waals surface area contributed by atoms with Gasteiger partial charge in [0.05, 0.1) is 12.1 Å². The summed E-state index contributed by atoms with van der Waals surface area (Å²) in [6.07, 6.45) is -0.0804. The van der Waals surface area contributed by atoms with Gasteiger partial charge in [0.15, 0.2) is 0 Å². The van der Waals surface area contributed by atoms with Crippen molar-refractivity contribution in [2.24, 2.45) is 0 Å². The minimum absolute atomic E-state index is 0.0804. The van der Waals surface area contributed by atoms with Crippen LogP contribution in [0.15, 0.2) is 36.4 Å². The predicted molar refractivity (Wildman–Crippen MR) is 86.8 cm³/mol. The molecule has 124 valence electrons. The monoisotopic (exact) mass is 330 g/mol. The van der Waals surface area contributed by atoms with Crippen molar-refractivity contribution in [1.82, 2.24) is 0 Å². The second kappa shape index (κ2) is 6.03. The van der Waals surface area contributed by atoms with Crippen LogP contribution in [0.4, 0.5) is 20.2 Å². The van der Waals surface area contributed by atoms with E-state index in [1.807, 2.05) is 32.0 Å². The van der Waals surface area contributed by atoms with Gasteiger partial charge in [-0.2, -0.15) is 0 Å². The Morgan fingerprint density at radius 2 is 1.83 bits per heavy atom.